The minimum atomic E-state index is -3.68. The van der Waals surface area contributed by atoms with E-state index in [1.54, 1.807) is 48.8 Å². The first-order valence-corrected chi connectivity index (χ1v) is 12.7. The minimum absolute atomic E-state index is 0.176. The average Bonchev–Trinajstić information content (AvgIpc) is 2.87. The highest BCUT2D eigenvalue weighted by atomic mass is 35.5. The molecule has 0 radical (unpaired) electrons. The Kier molecular flexibility index (Phi) is 7.82. The Bertz CT molecular complexity index is 1360. The van der Waals surface area contributed by atoms with E-state index in [0.29, 0.717) is 21.4 Å². The van der Waals surface area contributed by atoms with Crippen LogP contribution in [0.2, 0.25) is 10.0 Å². The van der Waals surface area contributed by atoms with Crippen molar-refractivity contribution in [2.45, 2.75) is 9.79 Å². The molecular weight excluding hydrogens is 503 g/mol. The summed E-state index contributed by atoms with van der Waals surface area (Å²) in [6.45, 7) is 0. The average molecular weight is 523 g/mol. The molecule has 9 heteroatoms. The molecule has 0 heterocycles. The number of rotatable bonds is 8. The lowest BCUT2D eigenvalue weighted by molar-refractivity contribution is 0.596. The van der Waals surface area contributed by atoms with Gasteiger partial charge in [-0.1, -0.05) is 59.6 Å². The van der Waals surface area contributed by atoms with Crippen molar-refractivity contribution in [3.8, 4) is 0 Å². The van der Waals surface area contributed by atoms with Crippen LogP contribution in [0.15, 0.2) is 117 Å². The molecular formula is C26H20Cl2N4O2S. The van der Waals surface area contributed by atoms with Gasteiger partial charge in [0.15, 0.2) is 0 Å². The van der Waals surface area contributed by atoms with E-state index in [4.69, 9.17) is 23.2 Å². The molecule has 4 rings (SSSR count). The Morgan fingerprint density at radius 1 is 0.571 bits per heavy atom. The summed E-state index contributed by atoms with van der Waals surface area (Å²) < 4.78 is 26.0. The van der Waals surface area contributed by atoms with E-state index in [2.05, 4.69) is 21.1 Å². The Morgan fingerprint density at radius 2 is 0.943 bits per heavy atom. The molecule has 2 N–H and O–H groups in total. The van der Waals surface area contributed by atoms with Crippen LogP contribution < -0.4 is 10.9 Å². The van der Waals surface area contributed by atoms with Gasteiger partial charge in [0.05, 0.1) is 33.6 Å². The Hall–Kier alpha value is -3.65. The molecule has 0 atom stereocenters. The summed E-state index contributed by atoms with van der Waals surface area (Å²) in [5.41, 5.74) is 8.56. The largest absolute Gasteiger partial charge is 0.279 e. The summed E-state index contributed by atoms with van der Waals surface area (Å²) in [5, 5.41) is 9.47. The fraction of sp³-hybridized carbons (Fsp3) is 0. The lowest BCUT2D eigenvalue weighted by Gasteiger charge is -2.07. The first kappa shape index (κ1) is 24.5. The third kappa shape index (κ3) is 6.27. The predicted molar refractivity (Wildman–Crippen MR) is 144 cm³/mol. The molecule has 0 aromatic heterocycles. The van der Waals surface area contributed by atoms with Crippen molar-refractivity contribution in [2.24, 2.45) is 10.2 Å². The lowest BCUT2D eigenvalue weighted by atomic mass is 10.2. The van der Waals surface area contributed by atoms with Crippen LogP contribution in [-0.4, -0.2) is 20.8 Å². The van der Waals surface area contributed by atoms with Crippen LogP contribution in [0.3, 0.4) is 0 Å². The van der Waals surface area contributed by atoms with E-state index in [1.165, 1.54) is 24.3 Å². The highest BCUT2D eigenvalue weighted by molar-refractivity contribution is 7.91. The molecule has 0 spiro atoms. The van der Waals surface area contributed by atoms with Crippen LogP contribution in [0.5, 0.6) is 0 Å². The van der Waals surface area contributed by atoms with Crippen molar-refractivity contribution in [3.63, 3.8) is 0 Å². The fourth-order valence-corrected chi connectivity index (χ4v) is 4.70. The van der Waals surface area contributed by atoms with Gasteiger partial charge in [0.2, 0.25) is 9.84 Å². The smallest absolute Gasteiger partial charge is 0.206 e. The van der Waals surface area contributed by atoms with Crippen LogP contribution in [0.4, 0.5) is 11.4 Å². The van der Waals surface area contributed by atoms with Crippen molar-refractivity contribution < 1.29 is 8.42 Å². The maximum Gasteiger partial charge on any atom is 0.206 e. The lowest BCUT2D eigenvalue weighted by Crippen LogP contribution is -2.02. The zero-order chi connectivity index (χ0) is 24.7. The summed E-state index contributed by atoms with van der Waals surface area (Å²) in [6.07, 6.45) is 3.20. The van der Waals surface area contributed by atoms with Crippen LogP contribution in [0.1, 0.15) is 11.1 Å². The second kappa shape index (κ2) is 11.2. The number of hydrogen-bond donors (Lipinski definition) is 2. The molecule has 0 aliphatic heterocycles. The second-order valence-electron chi connectivity index (χ2n) is 7.34. The fourth-order valence-electron chi connectivity index (χ4n) is 3.07. The summed E-state index contributed by atoms with van der Waals surface area (Å²) >= 11 is 12.2. The third-order valence-electron chi connectivity index (χ3n) is 4.93. The molecule has 176 valence electrons. The van der Waals surface area contributed by atoms with Crippen LogP contribution >= 0.6 is 23.2 Å². The quantitative estimate of drug-likeness (QED) is 0.199. The molecule has 0 aliphatic rings. The zero-order valence-corrected chi connectivity index (χ0v) is 20.6. The normalized spacial score (nSPS) is 11.7. The molecule has 0 bridgehead atoms. The van der Waals surface area contributed by atoms with Gasteiger partial charge in [-0.2, -0.15) is 10.2 Å². The number of nitrogens with zero attached hydrogens (tertiary/aromatic N) is 2. The summed E-state index contributed by atoms with van der Waals surface area (Å²) in [7, 11) is -3.68. The Labute approximate surface area is 213 Å². The Morgan fingerprint density at radius 3 is 1.31 bits per heavy atom. The molecule has 4 aromatic rings. The van der Waals surface area contributed by atoms with Crippen LogP contribution in [-0.2, 0) is 9.84 Å². The van der Waals surface area contributed by atoms with E-state index in [1.807, 2.05) is 36.4 Å². The van der Waals surface area contributed by atoms with Gasteiger partial charge in [-0.05, 0) is 60.7 Å². The molecule has 0 saturated carbocycles. The first-order chi connectivity index (χ1) is 16.9. The maximum absolute atomic E-state index is 13.0. The van der Waals surface area contributed by atoms with Crippen molar-refractivity contribution in [1.82, 2.24) is 0 Å². The van der Waals surface area contributed by atoms with Crippen molar-refractivity contribution in [1.29, 1.82) is 0 Å². The number of nitrogens with one attached hydrogen (secondary N) is 2. The zero-order valence-electron chi connectivity index (χ0n) is 18.3. The molecule has 0 unspecified atom stereocenters. The van der Waals surface area contributed by atoms with Gasteiger partial charge in [-0.3, -0.25) is 10.9 Å². The van der Waals surface area contributed by atoms with Gasteiger partial charge >= 0.3 is 0 Å². The van der Waals surface area contributed by atoms with Crippen LogP contribution in [0.25, 0.3) is 0 Å². The maximum atomic E-state index is 13.0. The van der Waals surface area contributed by atoms with Gasteiger partial charge in [0.25, 0.3) is 0 Å². The van der Waals surface area contributed by atoms with E-state index >= 15 is 0 Å². The number of hydrazone groups is 2. The Balaban J connectivity index is 1.39. The highest BCUT2D eigenvalue weighted by Gasteiger charge is 2.17. The van der Waals surface area contributed by atoms with Gasteiger partial charge < -0.3 is 0 Å². The molecule has 0 saturated heterocycles. The predicted octanol–water partition coefficient (Wildman–Crippen LogP) is 6.72. The topological polar surface area (TPSA) is 82.9 Å². The molecule has 0 fully saturated rings. The van der Waals surface area contributed by atoms with Crippen molar-refractivity contribution >= 4 is 56.8 Å². The van der Waals surface area contributed by atoms with Crippen molar-refractivity contribution in [3.05, 3.63) is 118 Å². The van der Waals surface area contributed by atoms with Crippen LogP contribution in [0, 0.1) is 0 Å². The van der Waals surface area contributed by atoms with E-state index in [-0.39, 0.29) is 9.79 Å². The molecule has 0 aliphatic carbocycles. The molecule has 35 heavy (non-hydrogen) atoms. The number of halogens is 2. The van der Waals surface area contributed by atoms with Gasteiger partial charge in [0, 0.05) is 21.2 Å². The summed E-state index contributed by atoms with van der Waals surface area (Å²) in [6, 6.07) is 27.4. The van der Waals surface area contributed by atoms with E-state index < -0.39 is 9.84 Å². The first-order valence-electron chi connectivity index (χ1n) is 10.5. The summed E-state index contributed by atoms with van der Waals surface area (Å²) in [5.74, 6) is 0. The number of anilines is 2. The monoisotopic (exact) mass is 522 g/mol. The van der Waals surface area contributed by atoms with Crippen molar-refractivity contribution in [2.75, 3.05) is 10.9 Å². The van der Waals surface area contributed by atoms with E-state index in [0.717, 1.165) is 11.1 Å². The SMILES string of the molecule is O=S(=O)(c1ccc(NN=Cc2ccccc2Cl)cc1)c1ccc(N/N=C/c2ccccc2Cl)cc1. The number of benzene rings is 4. The summed E-state index contributed by atoms with van der Waals surface area (Å²) in [4.78, 5) is 0.353. The molecule has 6 nitrogen and oxygen atoms in total. The minimum Gasteiger partial charge on any atom is -0.279 e. The highest BCUT2D eigenvalue weighted by Crippen LogP contribution is 2.24. The van der Waals surface area contributed by atoms with Gasteiger partial charge in [0.1, 0.15) is 0 Å². The van der Waals surface area contributed by atoms with E-state index in [9.17, 15) is 8.42 Å². The van der Waals surface area contributed by atoms with Gasteiger partial charge in [-0.25, -0.2) is 8.42 Å². The molecule has 0 amide bonds. The third-order valence-corrected chi connectivity index (χ3v) is 7.41. The second-order valence-corrected chi connectivity index (χ2v) is 10.1. The number of sulfone groups is 1. The number of hydrogen-bond acceptors (Lipinski definition) is 6. The van der Waals surface area contributed by atoms with Gasteiger partial charge in [-0.15, -0.1) is 0 Å². The standard InChI is InChI=1S/C26H20Cl2N4O2S/c27-25-7-3-1-5-19(25)17-29-31-21-9-13-23(14-10-21)35(33,34)24-15-11-22(12-16-24)32-30-18-20-6-2-4-8-26(20)28/h1-18,31-32H/b29-17+,30-18?. The molecule has 4 aromatic carbocycles.